The van der Waals surface area contributed by atoms with Crippen LogP contribution in [0.2, 0.25) is 0 Å². The largest absolute Gasteiger partial charge is 0.343 e. The van der Waals surface area contributed by atoms with E-state index in [-0.39, 0.29) is 11.2 Å². The maximum Gasteiger partial charge on any atom is 0.343 e. The lowest BCUT2D eigenvalue weighted by molar-refractivity contribution is 0.573. The molecule has 7 nitrogen and oxygen atoms in total. The van der Waals surface area contributed by atoms with Gasteiger partial charge in [0.1, 0.15) is 5.65 Å². The highest BCUT2D eigenvalue weighted by molar-refractivity contribution is 9.10. The van der Waals surface area contributed by atoms with Crippen molar-refractivity contribution < 1.29 is 0 Å². The molecular formula is C15H16BrN5O2S. The van der Waals surface area contributed by atoms with E-state index < -0.39 is 0 Å². The van der Waals surface area contributed by atoms with Crippen molar-refractivity contribution in [1.82, 2.24) is 24.1 Å². The van der Waals surface area contributed by atoms with Gasteiger partial charge in [0.15, 0.2) is 5.16 Å². The Morgan fingerprint density at radius 1 is 1.33 bits per heavy atom. The van der Waals surface area contributed by atoms with Crippen molar-refractivity contribution >= 4 is 33.3 Å². The summed E-state index contributed by atoms with van der Waals surface area (Å²) in [5.74, 6) is 0.470. The van der Waals surface area contributed by atoms with Crippen LogP contribution in [0.15, 0.2) is 43.6 Å². The van der Waals surface area contributed by atoms with Crippen LogP contribution >= 0.6 is 27.7 Å². The lowest BCUT2D eigenvalue weighted by Gasteiger charge is -2.06. The number of halogens is 1. The number of hydrogen-bond donors (Lipinski definition) is 1. The van der Waals surface area contributed by atoms with Crippen LogP contribution in [0.3, 0.4) is 0 Å². The number of aromatic nitrogens is 5. The van der Waals surface area contributed by atoms with Crippen LogP contribution in [-0.4, -0.2) is 24.1 Å². The Kier molecular flexibility index (Phi) is 5.20. The smallest absolute Gasteiger partial charge is 0.270 e. The number of nitrogens with one attached hydrogen (secondary N) is 1. The summed E-state index contributed by atoms with van der Waals surface area (Å²) in [6.45, 7) is 2.71. The van der Waals surface area contributed by atoms with Crippen LogP contribution < -0.4 is 11.2 Å². The number of rotatable bonds is 6. The number of H-pyrrole nitrogens is 1. The molecule has 126 valence electrons. The van der Waals surface area contributed by atoms with Crippen LogP contribution in [-0.2, 0) is 12.3 Å². The molecule has 0 saturated carbocycles. The zero-order valence-electron chi connectivity index (χ0n) is 13.0. The third-order valence-corrected chi connectivity index (χ3v) is 4.96. The molecule has 0 radical (unpaired) electrons. The molecule has 9 heteroatoms. The molecule has 0 fully saturated rings. The topological polar surface area (TPSA) is 85.0 Å². The van der Waals surface area contributed by atoms with E-state index in [0.717, 1.165) is 17.3 Å². The molecule has 0 aliphatic rings. The monoisotopic (exact) mass is 409 g/mol. The Labute approximate surface area is 150 Å². The first kappa shape index (κ1) is 17.0. The SMILES string of the molecule is CCCCn1c(SCc2cc(=O)n3cc(Br)ccc3n2)n[nH]c1=O. The minimum Gasteiger partial charge on any atom is -0.270 e. The molecule has 24 heavy (non-hydrogen) atoms. The Morgan fingerprint density at radius 3 is 2.96 bits per heavy atom. The second-order valence-corrected chi connectivity index (χ2v) is 7.12. The maximum absolute atomic E-state index is 12.2. The second kappa shape index (κ2) is 7.35. The van der Waals surface area contributed by atoms with Gasteiger partial charge in [-0.15, -0.1) is 5.10 Å². The summed E-state index contributed by atoms with van der Waals surface area (Å²) in [5, 5.41) is 7.14. The van der Waals surface area contributed by atoms with Crippen molar-refractivity contribution in [2.75, 3.05) is 0 Å². The third-order valence-electron chi connectivity index (χ3n) is 3.48. The van der Waals surface area contributed by atoms with Gasteiger partial charge in [0.2, 0.25) is 0 Å². The van der Waals surface area contributed by atoms with Gasteiger partial charge >= 0.3 is 5.69 Å². The lowest BCUT2D eigenvalue weighted by atomic mass is 10.3. The molecule has 3 heterocycles. The molecule has 3 rings (SSSR count). The first-order valence-electron chi connectivity index (χ1n) is 7.54. The van der Waals surface area contributed by atoms with E-state index in [9.17, 15) is 9.59 Å². The number of hydrogen-bond acceptors (Lipinski definition) is 5. The molecule has 0 amide bonds. The van der Waals surface area contributed by atoms with Gasteiger partial charge in [-0.3, -0.25) is 13.8 Å². The van der Waals surface area contributed by atoms with Crippen LogP contribution in [0.5, 0.6) is 0 Å². The summed E-state index contributed by atoms with van der Waals surface area (Å²) in [7, 11) is 0. The number of aromatic amines is 1. The van der Waals surface area contributed by atoms with Crippen molar-refractivity contribution in [3.63, 3.8) is 0 Å². The molecule has 1 N–H and O–H groups in total. The molecule has 3 aromatic heterocycles. The Hall–Kier alpha value is -1.87. The van der Waals surface area contributed by atoms with Gasteiger partial charge < -0.3 is 0 Å². The van der Waals surface area contributed by atoms with Crippen molar-refractivity contribution in [3.8, 4) is 0 Å². The lowest BCUT2D eigenvalue weighted by Crippen LogP contribution is -2.17. The predicted molar refractivity (Wildman–Crippen MR) is 96.5 cm³/mol. The summed E-state index contributed by atoms with van der Waals surface area (Å²) >= 11 is 4.73. The average Bonchev–Trinajstić information content (AvgIpc) is 2.91. The minimum atomic E-state index is -0.206. The molecule has 0 aliphatic heterocycles. The van der Waals surface area contributed by atoms with Crippen LogP contribution in [0.25, 0.3) is 5.65 Å². The number of nitrogens with zero attached hydrogens (tertiary/aromatic N) is 4. The molecule has 0 aliphatic carbocycles. The van der Waals surface area contributed by atoms with Crippen LogP contribution in [0.4, 0.5) is 0 Å². The van der Waals surface area contributed by atoms with E-state index in [2.05, 4.69) is 38.0 Å². The van der Waals surface area contributed by atoms with Gasteiger partial charge in [0.05, 0.1) is 5.69 Å². The zero-order chi connectivity index (χ0) is 17.1. The minimum absolute atomic E-state index is 0.137. The summed E-state index contributed by atoms with van der Waals surface area (Å²) in [6.07, 6.45) is 3.61. The molecule has 0 aromatic carbocycles. The van der Waals surface area contributed by atoms with Crippen LogP contribution in [0, 0.1) is 0 Å². The molecule has 0 spiro atoms. The maximum atomic E-state index is 12.2. The van der Waals surface area contributed by atoms with Crippen LogP contribution in [0.1, 0.15) is 25.5 Å². The Morgan fingerprint density at radius 2 is 2.17 bits per heavy atom. The van der Waals surface area contributed by atoms with Gasteiger partial charge in [-0.25, -0.2) is 14.9 Å². The fourth-order valence-corrected chi connectivity index (χ4v) is 3.47. The van der Waals surface area contributed by atoms with Gasteiger partial charge in [-0.1, -0.05) is 25.1 Å². The van der Waals surface area contributed by atoms with Gasteiger partial charge in [0, 0.05) is 29.0 Å². The zero-order valence-corrected chi connectivity index (χ0v) is 15.4. The van der Waals surface area contributed by atoms with Gasteiger partial charge in [-0.2, -0.15) is 0 Å². The summed E-state index contributed by atoms with van der Waals surface area (Å²) in [4.78, 5) is 28.5. The highest BCUT2D eigenvalue weighted by Gasteiger charge is 2.10. The third kappa shape index (κ3) is 3.62. The Balaban J connectivity index is 1.83. The molecule has 3 aromatic rings. The number of thioether (sulfide) groups is 1. The number of pyridine rings is 1. The van der Waals surface area contributed by atoms with E-state index in [1.54, 1.807) is 16.8 Å². The van der Waals surface area contributed by atoms with Crippen molar-refractivity contribution in [1.29, 1.82) is 0 Å². The fourth-order valence-electron chi connectivity index (χ4n) is 2.27. The van der Waals surface area contributed by atoms with Gasteiger partial charge in [0.25, 0.3) is 5.56 Å². The van der Waals surface area contributed by atoms with E-state index in [1.165, 1.54) is 22.2 Å². The first-order chi connectivity index (χ1) is 11.6. The van der Waals surface area contributed by atoms with Crippen molar-refractivity contribution in [2.45, 2.75) is 37.2 Å². The quantitative estimate of drug-likeness (QED) is 0.631. The Bertz CT molecular complexity index is 978. The van der Waals surface area contributed by atoms with E-state index in [1.807, 2.05) is 6.07 Å². The summed E-state index contributed by atoms with van der Waals surface area (Å²) < 4.78 is 3.93. The number of fused-ring (bicyclic) bond motifs is 1. The van der Waals surface area contributed by atoms with Crippen molar-refractivity contribution in [3.05, 3.63) is 55.4 Å². The van der Waals surface area contributed by atoms with Gasteiger partial charge in [-0.05, 0) is 34.5 Å². The molecular weight excluding hydrogens is 394 g/mol. The summed E-state index contributed by atoms with van der Waals surface area (Å²) in [5.41, 5.74) is 0.904. The first-order valence-corrected chi connectivity index (χ1v) is 9.32. The normalized spacial score (nSPS) is 11.2. The van der Waals surface area contributed by atoms with E-state index >= 15 is 0 Å². The predicted octanol–water partition coefficient (Wildman–Crippen LogP) is 2.43. The summed E-state index contributed by atoms with van der Waals surface area (Å²) in [6, 6.07) is 5.13. The molecule has 0 atom stereocenters. The molecule has 0 saturated heterocycles. The standard InChI is InChI=1S/C15H16BrN5O2S/c1-2-3-6-20-14(23)18-19-15(20)24-9-11-7-13(22)21-8-10(16)4-5-12(21)17-11/h4-5,7-8H,2-3,6,9H2,1H3,(H,18,23). The van der Waals surface area contributed by atoms with Crippen molar-refractivity contribution in [2.24, 2.45) is 0 Å². The average molecular weight is 410 g/mol. The van der Waals surface area contributed by atoms with E-state index in [4.69, 9.17) is 0 Å². The fraction of sp³-hybridized carbons (Fsp3) is 0.333. The second-order valence-electron chi connectivity index (χ2n) is 5.27. The number of unbranched alkanes of at least 4 members (excludes halogenated alkanes) is 1. The molecule has 0 bridgehead atoms. The molecule has 0 unspecified atom stereocenters. The highest BCUT2D eigenvalue weighted by Crippen LogP contribution is 2.19. The van der Waals surface area contributed by atoms with E-state index in [0.29, 0.717) is 28.8 Å². The highest BCUT2D eigenvalue weighted by atomic mass is 79.9.